The van der Waals surface area contributed by atoms with Gasteiger partial charge in [-0.1, -0.05) is 15.9 Å². The zero-order valence-corrected chi connectivity index (χ0v) is 17.2. The Morgan fingerprint density at radius 2 is 2.00 bits per heavy atom. The molecule has 0 saturated carbocycles. The molecular formula is C18H15Br2N3OS. The highest BCUT2D eigenvalue weighted by molar-refractivity contribution is 9.11. The number of amides is 1. The van der Waals surface area contributed by atoms with Crippen LogP contribution in [0.4, 0.5) is 11.4 Å². The van der Waals surface area contributed by atoms with Crippen LogP contribution >= 0.6 is 43.2 Å². The van der Waals surface area contributed by atoms with Gasteiger partial charge in [-0.05, 0) is 71.4 Å². The fourth-order valence-electron chi connectivity index (χ4n) is 3.10. The molecule has 1 aromatic carbocycles. The molecule has 0 fully saturated rings. The minimum absolute atomic E-state index is 0.207. The molecule has 0 spiro atoms. The largest absolute Gasteiger partial charge is 0.397 e. The quantitative estimate of drug-likeness (QED) is 0.506. The molecule has 2 aromatic heterocycles. The van der Waals surface area contributed by atoms with Crippen molar-refractivity contribution in [2.24, 2.45) is 0 Å². The van der Waals surface area contributed by atoms with Crippen LogP contribution in [0.5, 0.6) is 0 Å². The number of hydrogen-bond acceptors (Lipinski definition) is 4. The molecule has 0 aliphatic heterocycles. The summed E-state index contributed by atoms with van der Waals surface area (Å²) in [5.74, 6) is -0.207. The highest BCUT2D eigenvalue weighted by atomic mass is 79.9. The molecule has 1 aliphatic carbocycles. The molecule has 1 amide bonds. The summed E-state index contributed by atoms with van der Waals surface area (Å²) < 4.78 is 1.75. The van der Waals surface area contributed by atoms with Gasteiger partial charge >= 0.3 is 0 Å². The molecule has 0 radical (unpaired) electrons. The molecule has 2 heterocycles. The van der Waals surface area contributed by atoms with E-state index in [-0.39, 0.29) is 5.91 Å². The minimum atomic E-state index is -0.207. The lowest BCUT2D eigenvalue weighted by Gasteiger charge is -2.14. The Kier molecular flexibility index (Phi) is 4.56. The topological polar surface area (TPSA) is 68.0 Å². The van der Waals surface area contributed by atoms with Crippen LogP contribution in [0.3, 0.4) is 0 Å². The lowest BCUT2D eigenvalue weighted by Crippen LogP contribution is -2.12. The Morgan fingerprint density at radius 3 is 2.80 bits per heavy atom. The molecule has 0 saturated heterocycles. The predicted molar refractivity (Wildman–Crippen MR) is 110 cm³/mol. The SMILES string of the molecule is Nc1c(C(=O)Nc2ccc(Br)cc2Br)sc2nc3c(cc12)CCCC3. The molecule has 3 aromatic rings. The van der Waals surface area contributed by atoms with Crippen molar-refractivity contribution < 1.29 is 4.79 Å². The first-order chi connectivity index (χ1) is 12.0. The Labute approximate surface area is 166 Å². The summed E-state index contributed by atoms with van der Waals surface area (Å²) in [6, 6.07) is 7.73. The Balaban J connectivity index is 1.70. The first-order valence-electron chi connectivity index (χ1n) is 8.00. The molecule has 4 rings (SSSR count). The number of thiophene rings is 1. The van der Waals surface area contributed by atoms with Crippen LogP contribution in [0, 0.1) is 0 Å². The average molecular weight is 481 g/mol. The van der Waals surface area contributed by atoms with Crippen molar-refractivity contribution in [3.8, 4) is 0 Å². The van der Waals surface area contributed by atoms with Crippen molar-refractivity contribution in [2.45, 2.75) is 25.7 Å². The second-order valence-electron chi connectivity index (χ2n) is 6.08. The fourth-order valence-corrected chi connectivity index (χ4v) is 5.24. The van der Waals surface area contributed by atoms with Gasteiger partial charge in [-0.15, -0.1) is 11.3 Å². The summed E-state index contributed by atoms with van der Waals surface area (Å²) in [5.41, 5.74) is 9.93. The second kappa shape index (κ2) is 6.70. The van der Waals surface area contributed by atoms with Gasteiger partial charge in [-0.2, -0.15) is 0 Å². The summed E-state index contributed by atoms with van der Waals surface area (Å²) in [5, 5.41) is 3.82. The third kappa shape index (κ3) is 3.20. The summed E-state index contributed by atoms with van der Waals surface area (Å²) in [7, 11) is 0. The van der Waals surface area contributed by atoms with Crippen LogP contribution in [-0.4, -0.2) is 10.9 Å². The van der Waals surface area contributed by atoms with Crippen molar-refractivity contribution in [3.63, 3.8) is 0 Å². The Bertz CT molecular complexity index is 1000. The van der Waals surface area contributed by atoms with Gasteiger partial charge in [-0.3, -0.25) is 4.79 Å². The molecule has 7 heteroatoms. The van der Waals surface area contributed by atoms with E-state index in [0.717, 1.165) is 37.7 Å². The number of nitrogen functional groups attached to an aromatic ring is 1. The van der Waals surface area contributed by atoms with E-state index in [1.165, 1.54) is 29.7 Å². The van der Waals surface area contributed by atoms with E-state index in [1.54, 1.807) is 0 Å². The normalized spacial score (nSPS) is 13.7. The molecule has 0 atom stereocenters. The summed E-state index contributed by atoms with van der Waals surface area (Å²) in [6.45, 7) is 0. The van der Waals surface area contributed by atoms with Crippen LogP contribution < -0.4 is 11.1 Å². The number of aromatic nitrogens is 1. The zero-order chi connectivity index (χ0) is 17.6. The number of nitrogens with one attached hydrogen (secondary N) is 1. The molecule has 128 valence electrons. The fraction of sp³-hybridized carbons (Fsp3) is 0.222. The number of anilines is 2. The molecule has 1 aliphatic rings. The molecule has 3 N–H and O–H groups in total. The zero-order valence-electron chi connectivity index (χ0n) is 13.2. The van der Waals surface area contributed by atoms with Gasteiger partial charge in [-0.25, -0.2) is 4.98 Å². The van der Waals surface area contributed by atoms with E-state index >= 15 is 0 Å². The van der Waals surface area contributed by atoms with Crippen molar-refractivity contribution in [1.82, 2.24) is 4.98 Å². The minimum Gasteiger partial charge on any atom is -0.397 e. The van der Waals surface area contributed by atoms with Crippen LogP contribution in [-0.2, 0) is 12.8 Å². The van der Waals surface area contributed by atoms with Gasteiger partial charge in [0.2, 0.25) is 0 Å². The number of fused-ring (bicyclic) bond motifs is 2. The van der Waals surface area contributed by atoms with Gasteiger partial charge in [0.05, 0.1) is 11.4 Å². The number of hydrogen-bond donors (Lipinski definition) is 2. The van der Waals surface area contributed by atoms with Crippen molar-refractivity contribution in [2.75, 3.05) is 11.1 Å². The van der Waals surface area contributed by atoms with E-state index in [1.807, 2.05) is 18.2 Å². The number of aryl methyl sites for hydroxylation is 2. The number of nitrogens with two attached hydrogens (primary N) is 1. The lowest BCUT2D eigenvalue weighted by molar-refractivity contribution is 0.103. The van der Waals surface area contributed by atoms with Gasteiger partial charge in [0.1, 0.15) is 9.71 Å². The van der Waals surface area contributed by atoms with E-state index in [9.17, 15) is 4.79 Å². The number of carbonyl (C=O) groups excluding carboxylic acids is 1. The number of rotatable bonds is 2. The Morgan fingerprint density at radius 1 is 1.20 bits per heavy atom. The number of pyridine rings is 1. The number of nitrogens with zero attached hydrogens (tertiary/aromatic N) is 1. The monoisotopic (exact) mass is 479 g/mol. The van der Waals surface area contributed by atoms with Gasteiger partial charge in [0, 0.05) is 20.0 Å². The van der Waals surface area contributed by atoms with Crippen molar-refractivity contribution >= 4 is 70.7 Å². The van der Waals surface area contributed by atoms with Crippen LogP contribution in [0.25, 0.3) is 10.2 Å². The number of benzene rings is 1. The molecule has 0 bridgehead atoms. The third-order valence-electron chi connectivity index (χ3n) is 4.38. The molecule has 25 heavy (non-hydrogen) atoms. The third-order valence-corrected chi connectivity index (χ3v) is 6.65. The average Bonchev–Trinajstić information content (AvgIpc) is 2.92. The number of halogens is 2. The standard InChI is InChI=1S/C18H15Br2N3OS/c19-10-5-6-14(12(20)8-10)22-17(24)16-15(21)11-7-9-3-1-2-4-13(9)23-18(11)25-16/h5-8H,1-4,21H2,(H,22,24). The maximum Gasteiger partial charge on any atom is 0.267 e. The number of carbonyl (C=O) groups is 1. The lowest BCUT2D eigenvalue weighted by atomic mass is 9.95. The van der Waals surface area contributed by atoms with E-state index < -0.39 is 0 Å². The van der Waals surface area contributed by atoms with Gasteiger partial charge < -0.3 is 11.1 Å². The summed E-state index contributed by atoms with van der Waals surface area (Å²) in [4.78, 5) is 18.8. The predicted octanol–water partition coefficient (Wildman–Crippen LogP) is 5.53. The maximum atomic E-state index is 12.7. The highest BCUT2D eigenvalue weighted by Gasteiger charge is 2.21. The highest BCUT2D eigenvalue weighted by Crippen LogP contribution is 2.36. The summed E-state index contributed by atoms with van der Waals surface area (Å²) >= 11 is 8.23. The van der Waals surface area contributed by atoms with E-state index in [0.29, 0.717) is 16.3 Å². The second-order valence-corrected chi connectivity index (χ2v) is 8.85. The van der Waals surface area contributed by atoms with Gasteiger partial charge in [0.25, 0.3) is 5.91 Å². The van der Waals surface area contributed by atoms with Crippen molar-refractivity contribution in [1.29, 1.82) is 0 Å². The van der Waals surface area contributed by atoms with E-state index in [4.69, 9.17) is 10.7 Å². The first-order valence-corrected chi connectivity index (χ1v) is 10.4. The maximum absolute atomic E-state index is 12.7. The van der Waals surface area contributed by atoms with Gasteiger partial charge in [0.15, 0.2) is 0 Å². The Hall–Kier alpha value is -1.44. The molecular weight excluding hydrogens is 466 g/mol. The smallest absolute Gasteiger partial charge is 0.267 e. The van der Waals surface area contributed by atoms with E-state index in [2.05, 4.69) is 43.2 Å². The van der Waals surface area contributed by atoms with Crippen LogP contribution in [0.2, 0.25) is 0 Å². The van der Waals surface area contributed by atoms with Crippen molar-refractivity contribution in [3.05, 3.63) is 49.3 Å². The molecule has 0 unspecified atom stereocenters. The summed E-state index contributed by atoms with van der Waals surface area (Å²) in [6.07, 6.45) is 4.42. The van der Waals surface area contributed by atoms with Crippen LogP contribution in [0.1, 0.15) is 33.8 Å². The first kappa shape index (κ1) is 17.0. The van der Waals surface area contributed by atoms with Crippen LogP contribution in [0.15, 0.2) is 33.2 Å². The molecule has 4 nitrogen and oxygen atoms in total.